The number of methoxy groups -OCH3 is 1. The average molecular weight is 289 g/mol. The third-order valence-electron chi connectivity index (χ3n) is 4.86. The largest absolute Gasteiger partial charge is 0.496 e. The highest BCUT2D eigenvalue weighted by molar-refractivity contribution is 5.51. The summed E-state index contributed by atoms with van der Waals surface area (Å²) in [5, 5.41) is 3.78. The molecule has 0 amide bonds. The van der Waals surface area contributed by atoms with Gasteiger partial charge >= 0.3 is 0 Å². The van der Waals surface area contributed by atoms with Crippen LogP contribution in [0.5, 0.6) is 5.75 Å². The maximum absolute atomic E-state index is 5.66. The fourth-order valence-electron chi connectivity index (χ4n) is 3.79. The van der Waals surface area contributed by atoms with Gasteiger partial charge in [0.2, 0.25) is 0 Å². The van der Waals surface area contributed by atoms with Crippen molar-refractivity contribution in [2.75, 3.05) is 13.7 Å². The minimum absolute atomic E-state index is 0.387. The van der Waals surface area contributed by atoms with Crippen LogP contribution in [0.4, 0.5) is 0 Å². The third kappa shape index (κ3) is 3.42. The molecule has 0 radical (unpaired) electrons. The first kappa shape index (κ1) is 16.4. The van der Waals surface area contributed by atoms with E-state index >= 15 is 0 Å². The molecule has 1 atom stereocenters. The molecule has 0 heterocycles. The van der Waals surface area contributed by atoms with Gasteiger partial charge in [-0.2, -0.15) is 0 Å². The zero-order valence-electron chi connectivity index (χ0n) is 14.6. The van der Waals surface area contributed by atoms with E-state index in [2.05, 4.69) is 46.0 Å². The molecule has 0 fully saturated rings. The van der Waals surface area contributed by atoms with Crippen LogP contribution in [0.3, 0.4) is 0 Å². The van der Waals surface area contributed by atoms with E-state index in [1.54, 1.807) is 7.11 Å². The van der Waals surface area contributed by atoms with E-state index in [-0.39, 0.29) is 0 Å². The number of ether oxygens (including phenoxy) is 1. The molecule has 0 bridgehead atoms. The predicted molar refractivity (Wildman–Crippen MR) is 90.2 cm³/mol. The second-order valence-corrected chi connectivity index (χ2v) is 7.30. The molecule has 1 aliphatic rings. The van der Waals surface area contributed by atoms with Crippen molar-refractivity contribution in [2.45, 2.75) is 66.3 Å². The molecule has 2 heteroatoms. The number of rotatable bonds is 4. The van der Waals surface area contributed by atoms with Crippen molar-refractivity contribution < 1.29 is 4.74 Å². The van der Waals surface area contributed by atoms with Crippen LogP contribution in [0.2, 0.25) is 0 Å². The van der Waals surface area contributed by atoms with Gasteiger partial charge in [0, 0.05) is 6.04 Å². The Labute approximate surface area is 130 Å². The van der Waals surface area contributed by atoms with E-state index in [0.29, 0.717) is 11.5 Å². The van der Waals surface area contributed by atoms with Crippen molar-refractivity contribution in [2.24, 2.45) is 5.41 Å². The summed E-state index contributed by atoms with van der Waals surface area (Å²) in [6.45, 7) is 12.5. The molecule has 1 N–H and O–H groups in total. The van der Waals surface area contributed by atoms with Crippen molar-refractivity contribution >= 4 is 0 Å². The zero-order valence-corrected chi connectivity index (χ0v) is 14.6. The lowest BCUT2D eigenvalue weighted by Gasteiger charge is -2.29. The molecule has 21 heavy (non-hydrogen) atoms. The zero-order chi connectivity index (χ0) is 15.6. The van der Waals surface area contributed by atoms with Gasteiger partial charge in [0.15, 0.2) is 0 Å². The molecule has 1 aromatic rings. The molecule has 0 aromatic heterocycles. The van der Waals surface area contributed by atoms with Crippen LogP contribution in [-0.2, 0) is 6.42 Å². The summed E-state index contributed by atoms with van der Waals surface area (Å²) in [6.07, 6.45) is 4.81. The molecule has 118 valence electrons. The molecule has 0 spiro atoms. The van der Waals surface area contributed by atoms with Gasteiger partial charge in [0.05, 0.1) is 7.11 Å². The Morgan fingerprint density at radius 3 is 2.67 bits per heavy atom. The SMILES string of the molecule is CCCNC1CC(C)(C)CCc2cc(C)c(OC)c(C)c21. The van der Waals surface area contributed by atoms with Gasteiger partial charge in [-0.3, -0.25) is 0 Å². The van der Waals surface area contributed by atoms with Gasteiger partial charge in [-0.25, -0.2) is 0 Å². The summed E-state index contributed by atoms with van der Waals surface area (Å²) in [7, 11) is 1.79. The molecule has 1 aromatic carbocycles. The quantitative estimate of drug-likeness (QED) is 0.810. The van der Waals surface area contributed by atoms with Crippen LogP contribution < -0.4 is 10.1 Å². The minimum Gasteiger partial charge on any atom is -0.496 e. The molecule has 1 unspecified atom stereocenters. The number of hydrogen-bond acceptors (Lipinski definition) is 2. The summed E-state index contributed by atoms with van der Waals surface area (Å²) >= 11 is 0. The monoisotopic (exact) mass is 289 g/mol. The van der Waals surface area contributed by atoms with E-state index in [9.17, 15) is 0 Å². The van der Waals surface area contributed by atoms with Crippen molar-refractivity contribution in [3.05, 3.63) is 28.3 Å². The van der Waals surface area contributed by atoms with E-state index in [1.165, 1.54) is 47.9 Å². The second-order valence-electron chi connectivity index (χ2n) is 7.30. The fraction of sp³-hybridized carbons (Fsp3) is 0.684. The molecule has 0 aliphatic heterocycles. The molecule has 0 saturated carbocycles. The minimum atomic E-state index is 0.387. The van der Waals surface area contributed by atoms with E-state index in [1.807, 2.05) is 0 Å². The van der Waals surface area contributed by atoms with Crippen LogP contribution in [0, 0.1) is 19.3 Å². The van der Waals surface area contributed by atoms with Gasteiger partial charge in [0.25, 0.3) is 0 Å². The maximum Gasteiger partial charge on any atom is 0.125 e. The third-order valence-corrected chi connectivity index (χ3v) is 4.86. The summed E-state index contributed by atoms with van der Waals surface area (Å²) in [5.74, 6) is 1.07. The summed E-state index contributed by atoms with van der Waals surface area (Å²) in [6, 6.07) is 2.80. The van der Waals surface area contributed by atoms with E-state index in [0.717, 1.165) is 12.3 Å². The van der Waals surface area contributed by atoms with Gasteiger partial charge in [0.1, 0.15) is 5.75 Å². The predicted octanol–water partition coefficient (Wildman–Crippen LogP) is 4.72. The maximum atomic E-state index is 5.66. The summed E-state index contributed by atoms with van der Waals surface area (Å²) < 4.78 is 5.66. The number of nitrogens with one attached hydrogen (secondary N) is 1. The standard InChI is InChI=1S/C19H31NO/c1-7-10-20-16-12-19(4,5)9-8-15-11-13(2)18(21-6)14(3)17(15)16/h11,16,20H,7-10,12H2,1-6H3. The topological polar surface area (TPSA) is 21.3 Å². The Balaban J connectivity index is 2.51. The van der Waals surface area contributed by atoms with Crippen LogP contribution >= 0.6 is 0 Å². The summed E-state index contributed by atoms with van der Waals surface area (Å²) in [4.78, 5) is 0. The van der Waals surface area contributed by atoms with Crippen molar-refractivity contribution in [1.82, 2.24) is 5.32 Å². The smallest absolute Gasteiger partial charge is 0.125 e. The Bertz CT molecular complexity index is 505. The summed E-state index contributed by atoms with van der Waals surface area (Å²) in [5.41, 5.74) is 6.00. The first-order valence-electron chi connectivity index (χ1n) is 8.30. The molecular formula is C19H31NO. The van der Waals surface area contributed by atoms with Crippen molar-refractivity contribution in [3.63, 3.8) is 0 Å². The lowest BCUT2D eigenvalue weighted by atomic mass is 9.82. The molecular weight excluding hydrogens is 258 g/mol. The Morgan fingerprint density at radius 1 is 1.33 bits per heavy atom. The van der Waals surface area contributed by atoms with Gasteiger partial charge < -0.3 is 10.1 Å². The van der Waals surface area contributed by atoms with E-state index in [4.69, 9.17) is 4.74 Å². The molecule has 2 rings (SSSR count). The lowest BCUT2D eigenvalue weighted by molar-refractivity contribution is 0.273. The van der Waals surface area contributed by atoms with Gasteiger partial charge in [-0.1, -0.05) is 26.8 Å². The van der Waals surface area contributed by atoms with Crippen LogP contribution in [0.1, 0.15) is 68.3 Å². The highest BCUT2D eigenvalue weighted by Gasteiger charge is 2.31. The Morgan fingerprint density at radius 2 is 2.05 bits per heavy atom. The highest BCUT2D eigenvalue weighted by Crippen LogP contribution is 2.43. The second kappa shape index (κ2) is 6.39. The number of aryl methyl sites for hydroxylation is 2. The number of benzene rings is 1. The van der Waals surface area contributed by atoms with Gasteiger partial charge in [-0.15, -0.1) is 0 Å². The average Bonchev–Trinajstić information content (AvgIpc) is 2.53. The number of hydrogen-bond donors (Lipinski definition) is 1. The lowest BCUT2D eigenvalue weighted by Crippen LogP contribution is -2.27. The Hall–Kier alpha value is -1.02. The molecule has 1 aliphatic carbocycles. The highest BCUT2D eigenvalue weighted by atomic mass is 16.5. The first-order chi connectivity index (χ1) is 9.89. The van der Waals surface area contributed by atoms with Crippen molar-refractivity contribution in [3.8, 4) is 5.75 Å². The Kier molecular flexibility index (Phi) is 4.98. The molecule has 0 saturated heterocycles. The number of fused-ring (bicyclic) bond motifs is 1. The van der Waals surface area contributed by atoms with Crippen molar-refractivity contribution in [1.29, 1.82) is 0 Å². The fourth-order valence-corrected chi connectivity index (χ4v) is 3.79. The molecule has 2 nitrogen and oxygen atoms in total. The van der Waals surface area contributed by atoms with Crippen LogP contribution in [0.15, 0.2) is 6.07 Å². The first-order valence-corrected chi connectivity index (χ1v) is 8.30. The van der Waals surface area contributed by atoms with Crippen LogP contribution in [-0.4, -0.2) is 13.7 Å². The normalized spacial score (nSPS) is 20.8. The van der Waals surface area contributed by atoms with Crippen LogP contribution in [0.25, 0.3) is 0 Å². The van der Waals surface area contributed by atoms with Gasteiger partial charge in [-0.05, 0) is 73.7 Å². The van der Waals surface area contributed by atoms with E-state index < -0.39 is 0 Å².